The number of hydrogen-bond donors (Lipinski definition) is 0. The van der Waals surface area contributed by atoms with Crippen LogP contribution in [0, 0.1) is 6.92 Å². The van der Waals surface area contributed by atoms with Gasteiger partial charge in [0.2, 0.25) is 0 Å². The van der Waals surface area contributed by atoms with Crippen LogP contribution in [-0.2, 0) is 5.54 Å². The van der Waals surface area contributed by atoms with Gasteiger partial charge in [0.1, 0.15) is 5.75 Å². The topological polar surface area (TPSA) is 37.7 Å². The number of nitrogens with zero attached hydrogens (tertiary/aromatic N) is 3. The van der Waals surface area contributed by atoms with Gasteiger partial charge in [0.05, 0.1) is 24.0 Å². The number of piperidine rings is 1. The van der Waals surface area contributed by atoms with Gasteiger partial charge in [-0.3, -0.25) is 4.79 Å². The highest BCUT2D eigenvalue weighted by Gasteiger charge is 2.48. The second-order valence-electron chi connectivity index (χ2n) is 8.88. The van der Waals surface area contributed by atoms with Crippen molar-refractivity contribution in [2.24, 2.45) is 0 Å². The maximum atomic E-state index is 13.2. The van der Waals surface area contributed by atoms with Crippen LogP contribution in [0.4, 0.5) is 5.69 Å². The van der Waals surface area contributed by atoms with Crippen LogP contribution < -0.4 is 9.64 Å². The normalized spacial score (nSPS) is 22.3. The third kappa shape index (κ3) is 2.94. The summed E-state index contributed by atoms with van der Waals surface area (Å²) in [6, 6.07) is 18.6. The lowest BCUT2D eigenvalue weighted by molar-refractivity contribution is 0.0524. The van der Waals surface area contributed by atoms with Gasteiger partial charge in [0, 0.05) is 43.2 Å². The zero-order valence-corrected chi connectivity index (χ0v) is 18.6. The molecule has 2 unspecified atom stereocenters. The number of rotatable bonds is 2. The van der Waals surface area contributed by atoms with E-state index in [0.29, 0.717) is 0 Å². The Balaban J connectivity index is 1.50. The van der Waals surface area contributed by atoms with Gasteiger partial charge in [-0.2, -0.15) is 0 Å². The molecule has 5 nitrogen and oxygen atoms in total. The van der Waals surface area contributed by atoms with E-state index < -0.39 is 0 Å². The van der Waals surface area contributed by atoms with Crippen LogP contribution in [0.1, 0.15) is 41.4 Å². The Morgan fingerprint density at radius 2 is 1.87 bits per heavy atom. The van der Waals surface area contributed by atoms with Crippen molar-refractivity contribution in [1.29, 1.82) is 0 Å². The average Bonchev–Trinajstić information content (AvgIpc) is 3.28. The van der Waals surface area contributed by atoms with E-state index in [9.17, 15) is 4.79 Å². The molecule has 2 aliphatic rings. The number of aromatic nitrogens is 1. The van der Waals surface area contributed by atoms with E-state index in [1.165, 1.54) is 16.9 Å². The Hall–Kier alpha value is -3.21. The van der Waals surface area contributed by atoms with Crippen LogP contribution >= 0.6 is 0 Å². The number of fused-ring (bicyclic) bond motifs is 4. The SMILES string of the molecule is COc1ccc2c(c1)N(C)C1(CCN(C(=O)c3ccc(C)cc3)C(C)C1)c1cccn1-2. The number of methoxy groups -OCH3 is 1. The molecule has 31 heavy (non-hydrogen) atoms. The summed E-state index contributed by atoms with van der Waals surface area (Å²) in [4.78, 5) is 17.7. The fourth-order valence-corrected chi connectivity index (χ4v) is 5.40. The van der Waals surface area contributed by atoms with Gasteiger partial charge < -0.3 is 19.1 Å². The molecule has 0 N–H and O–H groups in total. The standard InChI is InChI=1S/C26H29N3O2/c1-18-7-9-20(10-8-18)25(30)28-15-13-26(17-19(28)2)24-6-5-14-29(24)22-12-11-21(31-4)16-23(22)27(26)3/h5-12,14,16,19H,13,15,17H2,1-4H3. The third-order valence-electron chi connectivity index (χ3n) is 7.16. The molecule has 1 aromatic heterocycles. The summed E-state index contributed by atoms with van der Waals surface area (Å²) in [6.45, 7) is 4.94. The second kappa shape index (κ2) is 7.19. The largest absolute Gasteiger partial charge is 0.497 e. The van der Waals surface area contributed by atoms with Gasteiger partial charge >= 0.3 is 0 Å². The number of hydrogen-bond acceptors (Lipinski definition) is 3. The summed E-state index contributed by atoms with van der Waals surface area (Å²) in [5, 5.41) is 0. The smallest absolute Gasteiger partial charge is 0.254 e. The van der Waals surface area contributed by atoms with Gasteiger partial charge in [-0.15, -0.1) is 0 Å². The molecule has 0 bridgehead atoms. The minimum Gasteiger partial charge on any atom is -0.497 e. The average molecular weight is 416 g/mol. The summed E-state index contributed by atoms with van der Waals surface area (Å²) in [7, 11) is 3.89. The van der Waals surface area contributed by atoms with E-state index in [1.807, 2.05) is 42.2 Å². The number of likely N-dealkylation sites (tertiary alicyclic amines) is 1. The van der Waals surface area contributed by atoms with Crippen molar-refractivity contribution in [1.82, 2.24) is 9.47 Å². The molecule has 160 valence electrons. The van der Waals surface area contributed by atoms with E-state index in [-0.39, 0.29) is 17.5 Å². The Morgan fingerprint density at radius 3 is 2.58 bits per heavy atom. The predicted octanol–water partition coefficient (Wildman–Crippen LogP) is 4.76. The van der Waals surface area contributed by atoms with Crippen molar-refractivity contribution >= 4 is 11.6 Å². The maximum Gasteiger partial charge on any atom is 0.254 e. The molecule has 2 atom stereocenters. The molecule has 1 saturated heterocycles. The first-order valence-corrected chi connectivity index (χ1v) is 10.9. The highest BCUT2D eigenvalue weighted by atomic mass is 16.5. The Bertz CT molecular complexity index is 1130. The number of benzene rings is 2. The molecular weight excluding hydrogens is 386 g/mol. The number of carbonyl (C=O) groups is 1. The zero-order valence-electron chi connectivity index (χ0n) is 18.6. The molecule has 3 aromatic rings. The van der Waals surface area contributed by atoms with E-state index >= 15 is 0 Å². The van der Waals surface area contributed by atoms with Crippen LogP contribution in [0.25, 0.3) is 5.69 Å². The van der Waals surface area contributed by atoms with E-state index in [0.717, 1.165) is 36.4 Å². The lowest BCUT2D eigenvalue weighted by atomic mass is 9.77. The zero-order chi connectivity index (χ0) is 21.8. The fraction of sp³-hybridized carbons (Fsp3) is 0.346. The quantitative estimate of drug-likeness (QED) is 0.605. The van der Waals surface area contributed by atoms with Gasteiger partial charge in [0.15, 0.2) is 0 Å². The third-order valence-corrected chi connectivity index (χ3v) is 7.16. The molecule has 2 aliphatic heterocycles. The van der Waals surface area contributed by atoms with Crippen molar-refractivity contribution in [2.75, 3.05) is 25.6 Å². The van der Waals surface area contributed by atoms with Crippen molar-refractivity contribution in [3.05, 3.63) is 77.6 Å². The molecule has 1 fully saturated rings. The number of carbonyl (C=O) groups excluding carboxylic acids is 1. The number of aryl methyl sites for hydroxylation is 1. The van der Waals surface area contributed by atoms with E-state index in [1.54, 1.807) is 7.11 Å². The molecule has 1 amide bonds. The minimum absolute atomic E-state index is 0.123. The Kier molecular flexibility index (Phi) is 4.58. The van der Waals surface area contributed by atoms with Crippen molar-refractivity contribution < 1.29 is 9.53 Å². The van der Waals surface area contributed by atoms with Crippen LogP contribution in [-0.4, -0.2) is 42.1 Å². The van der Waals surface area contributed by atoms with Gasteiger partial charge in [0.25, 0.3) is 5.91 Å². The minimum atomic E-state index is -0.160. The monoisotopic (exact) mass is 415 g/mol. The highest BCUT2D eigenvalue weighted by Crippen LogP contribution is 2.49. The predicted molar refractivity (Wildman–Crippen MR) is 123 cm³/mol. The number of amides is 1. The number of ether oxygens (including phenoxy) is 1. The van der Waals surface area contributed by atoms with Gasteiger partial charge in [-0.25, -0.2) is 0 Å². The molecule has 5 heteroatoms. The van der Waals surface area contributed by atoms with Gasteiger partial charge in [-0.05, 0) is 63.1 Å². The van der Waals surface area contributed by atoms with Crippen molar-refractivity contribution in [3.8, 4) is 11.4 Å². The Labute approximate surface area is 183 Å². The first kappa shape index (κ1) is 19.7. The second-order valence-corrected chi connectivity index (χ2v) is 8.88. The molecule has 1 spiro atoms. The first-order valence-electron chi connectivity index (χ1n) is 10.9. The van der Waals surface area contributed by atoms with Crippen LogP contribution in [0.3, 0.4) is 0 Å². The molecule has 0 saturated carbocycles. The first-order chi connectivity index (χ1) is 14.9. The van der Waals surface area contributed by atoms with Crippen molar-refractivity contribution in [2.45, 2.75) is 38.3 Å². The van der Waals surface area contributed by atoms with E-state index in [4.69, 9.17) is 4.74 Å². The summed E-state index contributed by atoms with van der Waals surface area (Å²) in [5.41, 5.74) is 5.40. The lowest BCUT2D eigenvalue weighted by Gasteiger charge is -2.53. The Morgan fingerprint density at radius 1 is 1.10 bits per heavy atom. The van der Waals surface area contributed by atoms with Crippen LogP contribution in [0.15, 0.2) is 60.8 Å². The maximum absolute atomic E-state index is 13.2. The van der Waals surface area contributed by atoms with Crippen LogP contribution in [0.2, 0.25) is 0 Å². The van der Waals surface area contributed by atoms with Crippen LogP contribution in [0.5, 0.6) is 5.75 Å². The summed E-state index contributed by atoms with van der Waals surface area (Å²) >= 11 is 0. The fourth-order valence-electron chi connectivity index (χ4n) is 5.40. The molecule has 2 aromatic carbocycles. The molecule has 0 radical (unpaired) electrons. The molecule has 5 rings (SSSR count). The summed E-state index contributed by atoms with van der Waals surface area (Å²) in [5.74, 6) is 0.981. The lowest BCUT2D eigenvalue weighted by Crippen LogP contribution is -2.58. The number of anilines is 1. The summed E-state index contributed by atoms with van der Waals surface area (Å²) < 4.78 is 7.82. The van der Waals surface area contributed by atoms with E-state index in [2.05, 4.69) is 53.9 Å². The molecule has 3 heterocycles. The molecule has 0 aliphatic carbocycles. The van der Waals surface area contributed by atoms with Gasteiger partial charge in [-0.1, -0.05) is 17.7 Å². The van der Waals surface area contributed by atoms with Crippen molar-refractivity contribution in [3.63, 3.8) is 0 Å². The molecular formula is C26H29N3O2. The highest BCUT2D eigenvalue weighted by molar-refractivity contribution is 5.94. The summed E-state index contributed by atoms with van der Waals surface area (Å²) in [6.07, 6.45) is 3.90.